The van der Waals surface area contributed by atoms with Crippen molar-refractivity contribution in [2.75, 3.05) is 5.73 Å². The zero-order chi connectivity index (χ0) is 14.0. The zero-order valence-electron chi connectivity index (χ0n) is 9.54. The van der Waals surface area contributed by atoms with Gasteiger partial charge in [0.25, 0.3) is 0 Å². The highest BCUT2D eigenvalue weighted by Crippen LogP contribution is 2.34. The average Bonchev–Trinajstić information content (AvgIpc) is 2.30. The number of alkyl halides is 3. The van der Waals surface area contributed by atoms with Crippen molar-refractivity contribution in [3.8, 4) is 11.5 Å². The second kappa shape index (κ2) is 4.79. The van der Waals surface area contributed by atoms with E-state index in [0.717, 1.165) is 6.07 Å². The Morgan fingerprint density at radius 1 is 0.947 bits per heavy atom. The van der Waals surface area contributed by atoms with E-state index in [0.29, 0.717) is 17.8 Å². The molecule has 0 atom stereocenters. The summed E-state index contributed by atoms with van der Waals surface area (Å²) in [4.78, 5) is 0. The zero-order valence-corrected chi connectivity index (χ0v) is 9.54. The fourth-order valence-corrected chi connectivity index (χ4v) is 1.50. The largest absolute Gasteiger partial charge is 0.457 e. The monoisotopic (exact) mass is 271 g/mol. The molecule has 0 saturated carbocycles. The summed E-state index contributed by atoms with van der Waals surface area (Å²) in [6.07, 6.45) is -4.76. The first-order chi connectivity index (χ1) is 8.86. The van der Waals surface area contributed by atoms with E-state index in [4.69, 9.17) is 10.5 Å². The summed E-state index contributed by atoms with van der Waals surface area (Å²) in [6.45, 7) is 0. The number of ether oxygens (including phenoxy) is 1. The van der Waals surface area contributed by atoms with Crippen LogP contribution in [0.5, 0.6) is 11.5 Å². The minimum Gasteiger partial charge on any atom is -0.457 e. The van der Waals surface area contributed by atoms with Crippen molar-refractivity contribution in [3.05, 3.63) is 53.8 Å². The Morgan fingerprint density at radius 3 is 2.26 bits per heavy atom. The molecule has 0 aliphatic carbocycles. The number of hydrogen-bond acceptors (Lipinski definition) is 2. The van der Waals surface area contributed by atoms with E-state index >= 15 is 0 Å². The summed E-state index contributed by atoms with van der Waals surface area (Å²) in [6, 6.07) is 8.64. The van der Waals surface area contributed by atoms with Crippen LogP contribution in [0.2, 0.25) is 0 Å². The van der Waals surface area contributed by atoms with Gasteiger partial charge in [-0.15, -0.1) is 0 Å². The van der Waals surface area contributed by atoms with Crippen molar-refractivity contribution in [2.24, 2.45) is 0 Å². The Labute approximate surface area is 106 Å². The van der Waals surface area contributed by atoms with Crippen LogP contribution in [0.1, 0.15) is 5.56 Å². The van der Waals surface area contributed by atoms with Gasteiger partial charge in [-0.05, 0) is 30.3 Å². The molecule has 0 heterocycles. The first kappa shape index (κ1) is 13.2. The molecule has 0 spiro atoms. The standard InChI is InChI=1S/C13H9F4NO/c14-12-5-4-10(7-11(12)13(15,16)17)19-9-3-1-2-8(18)6-9/h1-7H,18H2. The van der Waals surface area contributed by atoms with E-state index in [1.807, 2.05) is 0 Å². The SMILES string of the molecule is Nc1cccc(Oc2ccc(F)c(C(F)(F)F)c2)c1. The highest BCUT2D eigenvalue weighted by molar-refractivity contribution is 5.45. The molecule has 0 aliphatic heterocycles. The minimum absolute atomic E-state index is 0.112. The highest BCUT2D eigenvalue weighted by Gasteiger charge is 2.34. The van der Waals surface area contributed by atoms with Crippen LogP contribution < -0.4 is 10.5 Å². The summed E-state index contributed by atoms with van der Waals surface area (Å²) in [5.74, 6) is -1.17. The third-order valence-electron chi connectivity index (χ3n) is 2.34. The van der Waals surface area contributed by atoms with Gasteiger partial charge in [-0.1, -0.05) is 6.07 Å². The van der Waals surface area contributed by atoms with Gasteiger partial charge in [-0.2, -0.15) is 13.2 Å². The molecule has 0 bridgehead atoms. The lowest BCUT2D eigenvalue weighted by Gasteiger charge is -2.11. The lowest BCUT2D eigenvalue weighted by atomic mass is 10.2. The van der Waals surface area contributed by atoms with Crippen LogP contribution in [-0.4, -0.2) is 0 Å². The van der Waals surface area contributed by atoms with Gasteiger partial charge in [-0.3, -0.25) is 0 Å². The fraction of sp³-hybridized carbons (Fsp3) is 0.0769. The summed E-state index contributed by atoms with van der Waals surface area (Å²) in [5, 5.41) is 0. The van der Waals surface area contributed by atoms with Crippen molar-refractivity contribution >= 4 is 5.69 Å². The number of halogens is 4. The quantitative estimate of drug-likeness (QED) is 0.655. The average molecular weight is 271 g/mol. The van der Waals surface area contributed by atoms with Gasteiger partial charge < -0.3 is 10.5 Å². The molecule has 0 aliphatic rings. The maximum absolute atomic E-state index is 13.1. The van der Waals surface area contributed by atoms with E-state index in [-0.39, 0.29) is 11.5 Å². The Hall–Kier alpha value is -2.24. The molecule has 0 radical (unpaired) electrons. The van der Waals surface area contributed by atoms with Gasteiger partial charge in [-0.25, -0.2) is 4.39 Å². The van der Waals surface area contributed by atoms with Crippen molar-refractivity contribution in [2.45, 2.75) is 6.18 Å². The number of benzene rings is 2. The molecule has 2 rings (SSSR count). The predicted octanol–water partition coefficient (Wildman–Crippen LogP) is 4.22. The van der Waals surface area contributed by atoms with Crippen LogP contribution in [0.25, 0.3) is 0 Å². The minimum atomic E-state index is -4.76. The van der Waals surface area contributed by atoms with Crippen molar-refractivity contribution < 1.29 is 22.3 Å². The van der Waals surface area contributed by atoms with Crippen LogP contribution in [0.4, 0.5) is 23.2 Å². The third-order valence-corrected chi connectivity index (χ3v) is 2.34. The highest BCUT2D eigenvalue weighted by atomic mass is 19.4. The summed E-state index contributed by atoms with van der Waals surface area (Å²) >= 11 is 0. The van der Waals surface area contributed by atoms with Gasteiger partial charge in [0.05, 0.1) is 5.56 Å². The van der Waals surface area contributed by atoms with Crippen LogP contribution >= 0.6 is 0 Å². The Bertz CT molecular complexity index is 595. The lowest BCUT2D eigenvalue weighted by molar-refractivity contribution is -0.140. The van der Waals surface area contributed by atoms with Gasteiger partial charge in [0.2, 0.25) is 0 Å². The van der Waals surface area contributed by atoms with E-state index < -0.39 is 17.6 Å². The van der Waals surface area contributed by atoms with E-state index in [2.05, 4.69) is 0 Å². The lowest BCUT2D eigenvalue weighted by Crippen LogP contribution is -2.08. The molecule has 0 unspecified atom stereocenters. The second-order valence-electron chi connectivity index (χ2n) is 3.81. The second-order valence-corrected chi connectivity index (χ2v) is 3.81. The van der Waals surface area contributed by atoms with Gasteiger partial charge in [0.15, 0.2) is 0 Å². The molecule has 19 heavy (non-hydrogen) atoms. The van der Waals surface area contributed by atoms with Gasteiger partial charge in [0, 0.05) is 11.8 Å². The third kappa shape index (κ3) is 3.15. The molecule has 0 saturated heterocycles. The van der Waals surface area contributed by atoms with E-state index in [1.54, 1.807) is 12.1 Å². The first-order valence-electron chi connectivity index (χ1n) is 5.26. The summed E-state index contributed by atoms with van der Waals surface area (Å²) in [5.41, 5.74) is 4.56. The van der Waals surface area contributed by atoms with Crippen molar-refractivity contribution in [3.63, 3.8) is 0 Å². The molecular weight excluding hydrogens is 262 g/mol. The molecule has 0 fully saturated rings. The van der Waals surface area contributed by atoms with E-state index in [9.17, 15) is 17.6 Å². The Morgan fingerprint density at radius 2 is 1.63 bits per heavy atom. The van der Waals surface area contributed by atoms with Crippen molar-refractivity contribution in [1.82, 2.24) is 0 Å². The molecular formula is C13H9F4NO. The normalized spacial score (nSPS) is 11.4. The van der Waals surface area contributed by atoms with Crippen LogP contribution in [0, 0.1) is 5.82 Å². The van der Waals surface area contributed by atoms with Gasteiger partial charge >= 0.3 is 6.18 Å². The molecule has 6 heteroatoms. The topological polar surface area (TPSA) is 35.2 Å². The maximum atomic E-state index is 13.1. The van der Waals surface area contributed by atoms with Crippen LogP contribution in [-0.2, 0) is 6.18 Å². The van der Waals surface area contributed by atoms with Crippen LogP contribution in [0.15, 0.2) is 42.5 Å². The first-order valence-corrected chi connectivity index (χ1v) is 5.26. The predicted molar refractivity (Wildman–Crippen MR) is 62.3 cm³/mol. The molecule has 2 nitrogen and oxygen atoms in total. The molecule has 2 N–H and O–H groups in total. The molecule has 0 amide bonds. The van der Waals surface area contributed by atoms with Crippen LogP contribution in [0.3, 0.4) is 0 Å². The molecule has 2 aromatic rings. The summed E-state index contributed by atoms with van der Waals surface area (Å²) in [7, 11) is 0. The molecule has 100 valence electrons. The molecule has 2 aromatic carbocycles. The summed E-state index contributed by atoms with van der Waals surface area (Å²) < 4.78 is 55.8. The number of rotatable bonds is 2. The maximum Gasteiger partial charge on any atom is 0.419 e. The number of anilines is 1. The fourth-order valence-electron chi connectivity index (χ4n) is 1.50. The number of nitrogen functional groups attached to an aromatic ring is 1. The number of hydrogen-bond donors (Lipinski definition) is 1. The molecule has 0 aromatic heterocycles. The smallest absolute Gasteiger partial charge is 0.419 e. The Balaban J connectivity index is 2.32. The van der Waals surface area contributed by atoms with E-state index in [1.165, 1.54) is 12.1 Å². The Kier molecular flexibility index (Phi) is 3.33. The van der Waals surface area contributed by atoms with Crippen molar-refractivity contribution in [1.29, 1.82) is 0 Å². The number of nitrogens with two attached hydrogens (primary N) is 1. The van der Waals surface area contributed by atoms with Gasteiger partial charge in [0.1, 0.15) is 17.3 Å².